The van der Waals surface area contributed by atoms with Crippen LogP contribution in [-0.4, -0.2) is 44.3 Å². The third-order valence-electron chi connectivity index (χ3n) is 7.48. The third kappa shape index (κ3) is 8.36. The van der Waals surface area contributed by atoms with Crippen LogP contribution >= 0.6 is 15.9 Å². The number of hydrogen-bond acceptors (Lipinski definition) is 4. The van der Waals surface area contributed by atoms with Crippen molar-refractivity contribution in [2.75, 3.05) is 17.4 Å². The Morgan fingerprint density at radius 3 is 2.07 bits per heavy atom. The van der Waals surface area contributed by atoms with Gasteiger partial charge in [-0.3, -0.25) is 13.9 Å². The number of rotatable bonds is 13. The minimum absolute atomic E-state index is 0.0759. The average molecular weight is 677 g/mol. The minimum Gasteiger partial charge on any atom is -0.354 e. The lowest BCUT2D eigenvalue weighted by Crippen LogP contribution is -2.53. The zero-order valence-electron chi connectivity index (χ0n) is 25.2. The normalized spacial score (nSPS) is 11.9. The number of aryl methyl sites for hydroxylation is 2. The van der Waals surface area contributed by atoms with Crippen molar-refractivity contribution in [3.05, 3.63) is 130 Å². The molecule has 0 heterocycles. The summed E-state index contributed by atoms with van der Waals surface area (Å²) in [7, 11) is -4.13. The first-order chi connectivity index (χ1) is 21.1. The Kier molecular flexibility index (Phi) is 11.4. The molecule has 1 N–H and O–H groups in total. The molecule has 0 saturated heterocycles. The molecule has 0 radical (unpaired) electrons. The van der Waals surface area contributed by atoms with Gasteiger partial charge in [-0.15, -0.1) is 0 Å². The summed E-state index contributed by atoms with van der Waals surface area (Å²) in [5, 5.41) is 2.97. The Bertz CT molecular complexity index is 1660. The Balaban J connectivity index is 1.80. The van der Waals surface area contributed by atoms with Gasteiger partial charge in [0.15, 0.2) is 0 Å². The van der Waals surface area contributed by atoms with Gasteiger partial charge in [0.2, 0.25) is 11.8 Å². The van der Waals surface area contributed by atoms with Crippen LogP contribution in [0.15, 0.2) is 112 Å². The van der Waals surface area contributed by atoms with Crippen molar-refractivity contribution in [2.24, 2.45) is 0 Å². The molecule has 1 atom stereocenters. The van der Waals surface area contributed by atoms with Gasteiger partial charge in [0.05, 0.1) is 10.6 Å². The molecule has 0 fully saturated rings. The van der Waals surface area contributed by atoms with Gasteiger partial charge < -0.3 is 10.2 Å². The van der Waals surface area contributed by atoms with E-state index in [1.165, 1.54) is 17.0 Å². The monoisotopic (exact) mass is 675 g/mol. The fraction of sp³-hybridized carbons (Fsp3) is 0.257. The van der Waals surface area contributed by atoms with E-state index < -0.39 is 28.5 Å². The van der Waals surface area contributed by atoms with Gasteiger partial charge in [-0.2, -0.15) is 0 Å². The molecule has 0 unspecified atom stereocenters. The van der Waals surface area contributed by atoms with Crippen molar-refractivity contribution < 1.29 is 18.0 Å². The second-order valence-corrected chi connectivity index (χ2v) is 13.5. The molecule has 0 saturated carbocycles. The van der Waals surface area contributed by atoms with Crippen LogP contribution in [0.5, 0.6) is 0 Å². The van der Waals surface area contributed by atoms with Crippen molar-refractivity contribution in [1.82, 2.24) is 10.2 Å². The van der Waals surface area contributed by atoms with Crippen molar-refractivity contribution in [2.45, 2.75) is 51.1 Å². The standard InChI is InChI=1S/C35H38BrN3O4S/c1-4-21-37-35(41)33(23-28-11-7-5-8-12-28)38(24-29-16-18-30(36)19-17-29)34(40)25-39(31-20-15-26(2)27(3)22-31)44(42,43)32-13-9-6-10-14-32/h5-20,22,33H,4,21,23-25H2,1-3H3,(H,37,41)/t33-/m0/s1. The highest BCUT2D eigenvalue weighted by atomic mass is 79.9. The smallest absolute Gasteiger partial charge is 0.264 e. The first-order valence-electron chi connectivity index (χ1n) is 14.6. The first kappa shape index (κ1) is 33.0. The number of nitrogens with zero attached hydrogens (tertiary/aromatic N) is 2. The maximum absolute atomic E-state index is 14.5. The molecular formula is C35H38BrN3O4S. The number of halogens is 1. The molecule has 0 bridgehead atoms. The summed E-state index contributed by atoms with van der Waals surface area (Å²) in [6, 6.07) is 29.6. The highest BCUT2D eigenvalue weighted by Gasteiger charge is 2.34. The molecule has 2 amide bonds. The fourth-order valence-corrected chi connectivity index (χ4v) is 6.53. The average Bonchev–Trinajstić information content (AvgIpc) is 3.03. The molecule has 0 spiro atoms. The lowest BCUT2D eigenvalue weighted by Gasteiger charge is -2.34. The van der Waals surface area contributed by atoms with Crippen molar-refractivity contribution >= 4 is 43.5 Å². The Morgan fingerprint density at radius 2 is 1.45 bits per heavy atom. The molecule has 0 aliphatic heterocycles. The number of carbonyl (C=O) groups is 2. The quantitative estimate of drug-likeness (QED) is 0.177. The number of carbonyl (C=O) groups excluding carboxylic acids is 2. The lowest BCUT2D eigenvalue weighted by atomic mass is 10.0. The SMILES string of the molecule is CCCNC(=O)[C@H](Cc1ccccc1)N(Cc1ccc(Br)cc1)C(=O)CN(c1ccc(C)c(C)c1)S(=O)(=O)c1ccccc1. The molecule has 230 valence electrons. The van der Waals surface area contributed by atoms with E-state index in [4.69, 9.17) is 0 Å². The minimum atomic E-state index is -4.13. The van der Waals surface area contributed by atoms with Crippen molar-refractivity contribution in [3.63, 3.8) is 0 Å². The van der Waals surface area contributed by atoms with Crippen LogP contribution in [0.3, 0.4) is 0 Å². The van der Waals surface area contributed by atoms with Gasteiger partial charge in [0.1, 0.15) is 12.6 Å². The number of amides is 2. The molecule has 7 nitrogen and oxygen atoms in total. The highest BCUT2D eigenvalue weighted by Crippen LogP contribution is 2.27. The predicted octanol–water partition coefficient (Wildman–Crippen LogP) is 6.43. The van der Waals surface area contributed by atoms with E-state index in [2.05, 4.69) is 21.2 Å². The van der Waals surface area contributed by atoms with Gasteiger partial charge >= 0.3 is 0 Å². The van der Waals surface area contributed by atoms with E-state index in [1.807, 2.05) is 81.4 Å². The van der Waals surface area contributed by atoms with Gasteiger partial charge in [-0.25, -0.2) is 8.42 Å². The molecule has 0 aliphatic carbocycles. The summed E-state index contributed by atoms with van der Waals surface area (Å²) in [6.07, 6.45) is 1.01. The zero-order valence-corrected chi connectivity index (χ0v) is 27.6. The van der Waals surface area contributed by atoms with Crippen LogP contribution in [0, 0.1) is 13.8 Å². The fourth-order valence-electron chi connectivity index (χ4n) is 4.84. The number of sulfonamides is 1. The van der Waals surface area contributed by atoms with Crippen LogP contribution in [0.25, 0.3) is 0 Å². The van der Waals surface area contributed by atoms with E-state index in [1.54, 1.807) is 30.3 Å². The molecular weight excluding hydrogens is 638 g/mol. The Hall–Kier alpha value is -3.95. The topological polar surface area (TPSA) is 86.8 Å². The Labute approximate surface area is 269 Å². The van der Waals surface area contributed by atoms with E-state index in [0.29, 0.717) is 12.2 Å². The molecule has 4 aromatic rings. The van der Waals surface area contributed by atoms with Crippen molar-refractivity contribution in [3.8, 4) is 0 Å². The van der Waals surface area contributed by atoms with Crippen molar-refractivity contribution in [1.29, 1.82) is 0 Å². The van der Waals surface area contributed by atoms with Gasteiger partial charge in [-0.1, -0.05) is 89.6 Å². The second kappa shape index (κ2) is 15.2. The highest BCUT2D eigenvalue weighted by molar-refractivity contribution is 9.10. The van der Waals surface area contributed by atoms with Crippen LogP contribution in [0.2, 0.25) is 0 Å². The largest absolute Gasteiger partial charge is 0.354 e. The van der Waals surface area contributed by atoms with Crippen LogP contribution in [-0.2, 0) is 32.6 Å². The van der Waals surface area contributed by atoms with Crippen LogP contribution in [0.4, 0.5) is 5.69 Å². The van der Waals surface area contributed by atoms with E-state index in [9.17, 15) is 18.0 Å². The molecule has 0 aliphatic rings. The maximum atomic E-state index is 14.5. The summed E-state index contributed by atoms with van der Waals surface area (Å²) in [5.74, 6) is -0.775. The summed E-state index contributed by atoms with van der Waals surface area (Å²) in [4.78, 5) is 29.8. The number of benzene rings is 4. The third-order valence-corrected chi connectivity index (χ3v) is 9.79. The molecule has 9 heteroatoms. The van der Waals surface area contributed by atoms with Gasteiger partial charge in [0.25, 0.3) is 10.0 Å². The molecule has 4 rings (SSSR count). The molecule has 0 aromatic heterocycles. The van der Waals surface area contributed by atoms with Gasteiger partial charge in [-0.05, 0) is 78.9 Å². The van der Waals surface area contributed by atoms with Crippen LogP contribution in [0.1, 0.15) is 35.6 Å². The summed E-state index contributed by atoms with van der Waals surface area (Å²) in [6.45, 7) is 5.91. The Morgan fingerprint density at radius 1 is 0.818 bits per heavy atom. The summed E-state index contributed by atoms with van der Waals surface area (Å²) in [5.41, 5.74) is 3.98. The summed E-state index contributed by atoms with van der Waals surface area (Å²) < 4.78 is 30.2. The predicted molar refractivity (Wildman–Crippen MR) is 179 cm³/mol. The zero-order chi connectivity index (χ0) is 31.7. The number of nitrogens with one attached hydrogen (secondary N) is 1. The van der Waals surface area contributed by atoms with E-state index in [0.717, 1.165) is 37.5 Å². The molecule has 44 heavy (non-hydrogen) atoms. The van der Waals surface area contributed by atoms with Gasteiger partial charge in [0, 0.05) is 24.0 Å². The molecule has 4 aromatic carbocycles. The van der Waals surface area contributed by atoms with Crippen LogP contribution < -0.4 is 9.62 Å². The van der Waals surface area contributed by atoms with E-state index >= 15 is 0 Å². The number of hydrogen-bond donors (Lipinski definition) is 1. The summed E-state index contributed by atoms with van der Waals surface area (Å²) >= 11 is 3.46. The number of anilines is 1. The second-order valence-electron chi connectivity index (χ2n) is 10.7. The maximum Gasteiger partial charge on any atom is 0.264 e. The first-order valence-corrected chi connectivity index (χ1v) is 16.8. The van der Waals surface area contributed by atoms with E-state index in [-0.39, 0.29) is 23.8 Å². The lowest BCUT2D eigenvalue weighted by molar-refractivity contribution is -0.140.